The summed E-state index contributed by atoms with van der Waals surface area (Å²) in [4.78, 5) is 10.9. The zero-order chi connectivity index (χ0) is 10.1. The molecule has 1 aromatic carbocycles. The van der Waals surface area contributed by atoms with Crippen LogP contribution in [0.1, 0.15) is 0 Å². The van der Waals surface area contributed by atoms with E-state index in [0.717, 1.165) is 0 Å². The van der Waals surface area contributed by atoms with Gasteiger partial charge in [0.1, 0.15) is 12.4 Å². The fourth-order valence-corrected chi connectivity index (χ4v) is 1.53. The topological polar surface area (TPSA) is 32.7 Å². The van der Waals surface area contributed by atoms with E-state index >= 15 is 0 Å². The van der Waals surface area contributed by atoms with Crippen LogP contribution in [0.4, 0.5) is 10.1 Å². The van der Waals surface area contributed by atoms with Gasteiger partial charge in [-0.05, 0) is 34.1 Å². The molecule has 5 heteroatoms. The molecule has 0 bridgehead atoms. The van der Waals surface area contributed by atoms with Gasteiger partial charge in [-0.2, -0.15) is 5.10 Å². The van der Waals surface area contributed by atoms with Crippen molar-refractivity contribution in [2.75, 3.05) is 11.6 Å². The van der Waals surface area contributed by atoms with E-state index < -0.39 is 0 Å². The Kier molecular flexibility index (Phi) is 2.33. The third-order valence-corrected chi connectivity index (χ3v) is 2.46. The predicted molar refractivity (Wildman–Crippen MR) is 54.9 cm³/mol. The molecule has 0 radical (unpaired) electrons. The zero-order valence-corrected chi connectivity index (χ0v) is 8.66. The van der Waals surface area contributed by atoms with Gasteiger partial charge in [-0.25, -0.2) is 4.39 Å². The molecule has 0 spiro atoms. The molecule has 0 saturated heterocycles. The molecule has 3 nitrogen and oxygen atoms in total. The van der Waals surface area contributed by atoms with Crippen LogP contribution in [0.2, 0.25) is 0 Å². The lowest BCUT2D eigenvalue weighted by atomic mass is 10.3. The number of halogens is 2. The summed E-state index contributed by atoms with van der Waals surface area (Å²) in [6.45, 7) is 0.220. The highest BCUT2D eigenvalue weighted by atomic mass is 79.9. The Morgan fingerprint density at radius 1 is 1.50 bits per heavy atom. The number of rotatable bonds is 1. The maximum Gasteiger partial charge on any atom is 0.197 e. The van der Waals surface area contributed by atoms with Crippen molar-refractivity contribution in [3.8, 4) is 0 Å². The molecule has 0 aliphatic carbocycles. The Hall–Kier alpha value is -1.23. The van der Waals surface area contributed by atoms with Crippen molar-refractivity contribution < 1.29 is 9.18 Å². The number of anilines is 1. The van der Waals surface area contributed by atoms with Gasteiger partial charge in [-0.3, -0.25) is 9.80 Å². The van der Waals surface area contributed by atoms with Gasteiger partial charge in [0.05, 0.1) is 16.4 Å². The Morgan fingerprint density at radius 3 is 2.86 bits per heavy atom. The van der Waals surface area contributed by atoms with Crippen molar-refractivity contribution >= 4 is 33.6 Å². The van der Waals surface area contributed by atoms with E-state index in [9.17, 15) is 9.18 Å². The van der Waals surface area contributed by atoms with Crippen molar-refractivity contribution in [2.45, 2.75) is 0 Å². The lowest BCUT2D eigenvalue weighted by molar-refractivity contribution is -0.110. The fourth-order valence-electron chi connectivity index (χ4n) is 1.17. The standard InChI is InChI=1S/C9H6BrFN2O/c10-8-3-6(1-2-9(8)11)13-5-7(14)4-12-13/h1-4H,5H2. The molecular formula is C9H6BrFN2O. The lowest BCUT2D eigenvalue weighted by Gasteiger charge is -2.12. The molecule has 1 aliphatic rings. The monoisotopic (exact) mass is 256 g/mol. The maximum atomic E-state index is 12.9. The van der Waals surface area contributed by atoms with E-state index in [1.165, 1.54) is 17.3 Å². The quantitative estimate of drug-likeness (QED) is 0.770. The Labute approximate surface area is 88.3 Å². The maximum absolute atomic E-state index is 12.9. The van der Waals surface area contributed by atoms with E-state index in [-0.39, 0.29) is 18.1 Å². The minimum absolute atomic E-state index is 0.0505. The van der Waals surface area contributed by atoms with E-state index in [1.807, 2.05) is 0 Å². The summed E-state index contributed by atoms with van der Waals surface area (Å²) in [6.07, 6.45) is 1.26. The normalized spacial score (nSPS) is 15.3. The number of hydrogen-bond acceptors (Lipinski definition) is 3. The van der Waals surface area contributed by atoms with Gasteiger partial charge in [0.2, 0.25) is 0 Å². The van der Waals surface area contributed by atoms with Crippen LogP contribution in [0.3, 0.4) is 0 Å². The van der Waals surface area contributed by atoms with Crippen molar-refractivity contribution in [1.29, 1.82) is 0 Å². The summed E-state index contributed by atoms with van der Waals surface area (Å²) >= 11 is 3.07. The van der Waals surface area contributed by atoms with Crippen LogP contribution < -0.4 is 5.01 Å². The van der Waals surface area contributed by atoms with E-state index in [4.69, 9.17) is 0 Å². The molecule has 0 saturated carbocycles. The Bertz CT molecular complexity index is 419. The van der Waals surface area contributed by atoms with Crippen LogP contribution in [-0.4, -0.2) is 18.5 Å². The molecule has 0 aromatic heterocycles. The van der Waals surface area contributed by atoms with Crippen molar-refractivity contribution in [3.05, 3.63) is 28.5 Å². The Balaban J connectivity index is 2.30. The first-order chi connectivity index (χ1) is 6.66. The molecule has 1 aliphatic heterocycles. The molecule has 0 amide bonds. The molecule has 0 fully saturated rings. The van der Waals surface area contributed by atoms with E-state index in [2.05, 4.69) is 21.0 Å². The molecule has 1 heterocycles. The highest BCUT2D eigenvalue weighted by molar-refractivity contribution is 9.10. The number of benzene rings is 1. The summed E-state index contributed by atoms with van der Waals surface area (Å²) in [5, 5.41) is 5.39. The lowest BCUT2D eigenvalue weighted by Crippen LogP contribution is -2.16. The van der Waals surface area contributed by atoms with Gasteiger partial charge in [0, 0.05) is 0 Å². The van der Waals surface area contributed by atoms with Crippen molar-refractivity contribution in [3.63, 3.8) is 0 Å². The van der Waals surface area contributed by atoms with Crippen LogP contribution in [0, 0.1) is 5.82 Å². The summed E-state index contributed by atoms with van der Waals surface area (Å²) in [7, 11) is 0. The molecule has 0 unspecified atom stereocenters. The summed E-state index contributed by atoms with van der Waals surface area (Å²) < 4.78 is 13.3. The number of hydrazone groups is 1. The van der Waals surface area contributed by atoms with Gasteiger partial charge in [-0.15, -0.1) is 0 Å². The number of carbonyl (C=O) groups excluding carboxylic acids is 1. The second kappa shape index (κ2) is 3.49. The minimum atomic E-state index is -0.330. The summed E-state index contributed by atoms with van der Waals surface area (Å²) in [5.41, 5.74) is 0.695. The Morgan fingerprint density at radius 2 is 2.29 bits per heavy atom. The van der Waals surface area contributed by atoms with Crippen LogP contribution in [0.5, 0.6) is 0 Å². The summed E-state index contributed by atoms with van der Waals surface area (Å²) in [5.74, 6) is -0.381. The van der Waals surface area contributed by atoms with E-state index in [0.29, 0.717) is 10.2 Å². The minimum Gasteiger partial charge on any atom is -0.291 e. The second-order valence-electron chi connectivity index (χ2n) is 2.87. The van der Waals surface area contributed by atoms with Crippen LogP contribution in [0.15, 0.2) is 27.8 Å². The summed E-state index contributed by atoms with van der Waals surface area (Å²) in [6, 6.07) is 4.50. The molecule has 0 N–H and O–H groups in total. The molecule has 14 heavy (non-hydrogen) atoms. The number of hydrogen-bond donors (Lipinski definition) is 0. The van der Waals surface area contributed by atoms with Crippen LogP contribution >= 0.6 is 15.9 Å². The van der Waals surface area contributed by atoms with Gasteiger partial charge >= 0.3 is 0 Å². The average Bonchev–Trinajstić information content (AvgIpc) is 2.57. The molecule has 0 atom stereocenters. The predicted octanol–water partition coefficient (Wildman–Crippen LogP) is 1.96. The van der Waals surface area contributed by atoms with Crippen LogP contribution in [-0.2, 0) is 4.79 Å². The average molecular weight is 257 g/mol. The van der Waals surface area contributed by atoms with Gasteiger partial charge in [0.15, 0.2) is 5.78 Å². The number of Topliss-reactive ketones (excluding diaryl/α,β-unsaturated/α-hetero) is 1. The second-order valence-corrected chi connectivity index (χ2v) is 3.72. The third-order valence-electron chi connectivity index (χ3n) is 1.85. The van der Waals surface area contributed by atoms with Gasteiger partial charge < -0.3 is 0 Å². The highest BCUT2D eigenvalue weighted by Gasteiger charge is 2.15. The number of carbonyl (C=O) groups is 1. The molecule has 2 rings (SSSR count). The SMILES string of the molecule is O=C1C=NN(c2ccc(F)c(Br)c2)C1. The fraction of sp³-hybridized carbons (Fsp3) is 0.111. The van der Waals surface area contributed by atoms with Gasteiger partial charge in [-0.1, -0.05) is 0 Å². The molecule has 72 valence electrons. The first-order valence-electron chi connectivity index (χ1n) is 3.96. The van der Waals surface area contributed by atoms with Crippen molar-refractivity contribution in [1.82, 2.24) is 0 Å². The number of nitrogens with zero attached hydrogens (tertiary/aromatic N) is 2. The van der Waals surface area contributed by atoms with Crippen molar-refractivity contribution in [2.24, 2.45) is 5.10 Å². The highest BCUT2D eigenvalue weighted by Crippen LogP contribution is 2.23. The molecule has 1 aromatic rings. The molecular weight excluding hydrogens is 251 g/mol. The third kappa shape index (κ3) is 1.68. The largest absolute Gasteiger partial charge is 0.291 e. The van der Waals surface area contributed by atoms with E-state index in [1.54, 1.807) is 12.1 Å². The first kappa shape index (κ1) is 9.33. The number of ketones is 1. The smallest absolute Gasteiger partial charge is 0.197 e. The van der Waals surface area contributed by atoms with Gasteiger partial charge in [0.25, 0.3) is 0 Å². The zero-order valence-electron chi connectivity index (χ0n) is 7.08. The first-order valence-corrected chi connectivity index (χ1v) is 4.75. The van der Waals surface area contributed by atoms with Crippen LogP contribution in [0.25, 0.3) is 0 Å².